The minimum Gasteiger partial charge on any atom is -0.508 e. The van der Waals surface area contributed by atoms with Gasteiger partial charge in [0.25, 0.3) is 5.69 Å². The number of primary amides is 1. The van der Waals surface area contributed by atoms with Crippen LogP contribution in [0.2, 0.25) is 10.0 Å². The van der Waals surface area contributed by atoms with Crippen LogP contribution in [0.25, 0.3) is 11.1 Å². The van der Waals surface area contributed by atoms with Gasteiger partial charge in [-0.05, 0) is 107 Å². The molecule has 35 heteroatoms. The van der Waals surface area contributed by atoms with E-state index in [1.165, 1.54) is 37.4 Å². The van der Waals surface area contributed by atoms with Crippen molar-refractivity contribution in [2.75, 3.05) is 13.7 Å². The molecule has 6 aromatic rings. The maximum Gasteiger partial charge on any atom is 0.410 e. The van der Waals surface area contributed by atoms with Crippen LogP contribution >= 0.6 is 23.2 Å². The first-order valence-corrected chi connectivity index (χ1v) is 32.7. The van der Waals surface area contributed by atoms with E-state index < -0.39 is 248 Å². The van der Waals surface area contributed by atoms with Crippen LogP contribution in [0.1, 0.15) is 103 Å². The zero-order chi connectivity index (χ0) is 75.6. The van der Waals surface area contributed by atoms with E-state index in [4.69, 9.17) is 52.6 Å². The molecule has 6 heterocycles. The summed E-state index contributed by atoms with van der Waals surface area (Å²) in [5.41, 5.74) is 3.12. The molecular weight excluding hydrogens is 1410 g/mol. The lowest BCUT2D eigenvalue weighted by molar-refractivity contribution is -0.384. The summed E-state index contributed by atoms with van der Waals surface area (Å²) in [7, 11) is 1.20. The Kier molecular flexibility index (Phi) is 23.0. The molecule has 104 heavy (non-hydrogen) atoms. The van der Waals surface area contributed by atoms with E-state index in [9.17, 15) is 85.2 Å². The van der Waals surface area contributed by atoms with Gasteiger partial charge in [-0.15, -0.1) is 0 Å². The summed E-state index contributed by atoms with van der Waals surface area (Å²) < 4.78 is 30.5. The quantitative estimate of drug-likeness (QED) is 0.0544. The number of amides is 6. The number of aromatic hydroxyl groups is 3. The summed E-state index contributed by atoms with van der Waals surface area (Å²) in [4.78, 5) is 143. The Bertz CT molecular complexity index is 4410. The number of carbonyl (C=O) groups excluding carboxylic acids is 8. The van der Waals surface area contributed by atoms with Gasteiger partial charge in [0.2, 0.25) is 41.6 Å². The number of hydrogen-bond acceptors (Lipinski definition) is 25. The number of hydrogen-bond donors (Lipinski definition) is 15. The van der Waals surface area contributed by atoms with Crippen LogP contribution < -0.4 is 41.2 Å². The van der Waals surface area contributed by atoms with Gasteiger partial charge in [0.15, 0.2) is 29.1 Å². The monoisotopic (exact) mass is 1480 g/mol. The fourth-order valence-electron chi connectivity index (χ4n) is 12.4. The first-order valence-electron chi connectivity index (χ1n) is 32.0. The fourth-order valence-corrected chi connectivity index (χ4v) is 12.8. The summed E-state index contributed by atoms with van der Waals surface area (Å²) in [6.45, 7) is 1.99. The first kappa shape index (κ1) is 75.9. The molecule has 0 aromatic heterocycles. The lowest BCUT2D eigenvalue weighted by Crippen LogP contribution is -2.60. The molecule has 0 radical (unpaired) electrons. The molecule has 550 valence electrons. The molecule has 11 bridgehead atoms. The van der Waals surface area contributed by atoms with Crippen molar-refractivity contribution in [2.24, 2.45) is 17.6 Å². The van der Waals surface area contributed by atoms with Crippen LogP contribution in [0.5, 0.6) is 46.0 Å². The number of rotatable bonds is 14. The van der Waals surface area contributed by atoms with E-state index in [-0.39, 0.29) is 40.5 Å². The number of nitrogens with two attached hydrogens (primary N) is 1. The number of nitrogens with one attached hydrogen (secondary N) is 4. The van der Waals surface area contributed by atoms with Crippen LogP contribution in [0.4, 0.5) is 10.5 Å². The number of nitro benzene ring substituents is 1. The third-order valence-corrected chi connectivity index (χ3v) is 18.5. The second kappa shape index (κ2) is 31.5. The van der Waals surface area contributed by atoms with Crippen molar-refractivity contribution in [3.63, 3.8) is 0 Å². The van der Waals surface area contributed by atoms with Crippen molar-refractivity contribution in [1.29, 1.82) is 0 Å². The van der Waals surface area contributed by atoms with E-state index in [0.29, 0.717) is 5.56 Å². The number of aliphatic carboxylic acids is 1. The van der Waals surface area contributed by atoms with Gasteiger partial charge in [0, 0.05) is 61.2 Å². The Hall–Kier alpha value is -10.8. The number of ether oxygens (including phenoxy) is 5. The summed E-state index contributed by atoms with van der Waals surface area (Å²) in [5, 5.41) is 133. The Labute approximate surface area is 598 Å². The van der Waals surface area contributed by atoms with Gasteiger partial charge in [-0.2, -0.15) is 0 Å². The molecule has 1 saturated heterocycles. The molecule has 6 aliphatic rings. The fraction of sp³-hybridized carbons (Fsp3) is 0.348. The Balaban J connectivity index is 1.16. The van der Waals surface area contributed by atoms with Gasteiger partial charge in [0.05, 0.1) is 33.4 Å². The number of phenolic OH excluding ortho intramolecular Hbond substituents is 3. The van der Waals surface area contributed by atoms with E-state index in [0.717, 1.165) is 77.7 Å². The average molecular weight is 1480 g/mol. The lowest BCUT2D eigenvalue weighted by atomic mass is 9.84. The number of aliphatic hydroxyl groups excluding tert-OH is 6. The molecule has 33 nitrogen and oxygen atoms in total. The molecule has 14 atom stereocenters. The van der Waals surface area contributed by atoms with E-state index in [2.05, 4.69) is 21.3 Å². The predicted octanol–water partition coefficient (Wildman–Crippen LogP) is 3.80. The number of nitrogens with zero attached hydrogens (tertiary/aromatic N) is 2. The number of carboxylic acids is 1. The van der Waals surface area contributed by atoms with Crippen molar-refractivity contribution in [2.45, 2.75) is 125 Å². The summed E-state index contributed by atoms with van der Waals surface area (Å²) in [5.74, 6) is -20.0. The lowest BCUT2D eigenvalue weighted by Gasteiger charge is -2.39. The number of aliphatic hydroxyl groups is 6. The molecule has 0 spiro atoms. The van der Waals surface area contributed by atoms with Gasteiger partial charge in [-0.25, -0.2) is 9.59 Å². The second-order valence-electron chi connectivity index (χ2n) is 25.5. The van der Waals surface area contributed by atoms with E-state index >= 15 is 19.2 Å². The number of carbonyl (C=O) groups is 9. The van der Waals surface area contributed by atoms with Gasteiger partial charge >= 0.3 is 12.1 Å². The van der Waals surface area contributed by atoms with Crippen molar-refractivity contribution in [3.05, 3.63) is 157 Å². The molecule has 0 unspecified atom stereocenters. The highest BCUT2D eigenvalue weighted by Gasteiger charge is 2.47. The van der Waals surface area contributed by atoms with Crippen LogP contribution in [0.3, 0.4) is 0 Å². The number of non-ortho nitro benzene ring substituents is 1. The Morgan fingerprint density at radius 2 is 1.35 bits per heavy atom. The van der Waals surface area contributed by atoms with Gasteiger partial charge in [-0.3, -0.25) is 48.6 Å². The standard InChI is InChI=1S/C69H69Cl2N7O26/c1-27(2)14-41(77(3)69(97)100-26-28-4-9-34(10-5-28)78(98)99)65(93)75-55-44(83)18-33(21-51(72)85)63(91)73-53-32-19-48(101-46-12-7-30(57(55)86)16-39(46)70)62(104-68-61(90)60(89)59(88)50(25-79)103-68)49(20-32)102-47-13-8-31(17-40(47)71)58(87)56-66(94)74-54(67(95)96)38-22-35(80)23-43(82)52(38)37-15-29(6-11-42(37)81)36(24-45(53)84)64(92)76-56/h4-13,15-17,19-20,22-23,27,33,36,41,50,53-61,68,79-82,86-90H,14,18,21,24-26H2,1-3H3,(H2,72,85)(H,73,91)(H,74,94)(H,75,93)(H,76,92)(H,95,96)/t33-,36+,41+,50+,53+,54-,55-,56-,57+,58+,59+,60-,61+,68-/m0/s1. The van der Waals surface area contributed by atoms with Crippen molar-refractivity contribution in [1.82, 2.24) is 26.2 Å². The molecular formula is C69H69Cl2N7O26. The van der Waals surface area contributed by atoms with Crippen LogP contribution in [-0.2, 0) is 54.4 Å². The molecule has 12 rings (SSSR count). The van der Waals surface area contributed by atoms with Crippen LogP contribution in [0, 0.1) is 22.0 Å². The highest BCUT2D eigenvalue weighted by Crippen LogP contribution is 2.50. The molecule has 16 N–H and O–H groups in total. The maximum absolute atomic E-state index is 16.1. The molecule has 6 aromatic carbocycles. The van der Waals surface area contributed by atoms with Crippen LogP contribution in [-0.4, -0.2) is 177 Å². The highest BCUT2D eigenvalue weighted by atomic mass is 35.5. The van der Waals surface area contributed by atoms with Crippen LogP contribution in [0.15, 0.2) is 103 Å². The van der Waals surface area contributed by atoms with E-state index in [1.54, 1.807) is 13.8 Å². The molecule has 0 saturated carbocycles. The molecule has 0 aliphatic carbocycles. The summed E-state index contributed by atoms with van der Waals surface area (Å²) in [6, 6.07) is 8.13. The summed E-state index contributed by atoms with van der Waals surface area (Å²) in [6.07, 6.45) is -18.8. The highest BCUT2D eigenvalue weighted by molar-refractivity contribution is 6.32. The number of carboxylic acid groups (broad SMARTS) is 1. The number of phenols is 3. The minimum atomic E-state index is -2.27. The third-order valence-electron chi connectivity index (χ3n) is 17.9. The van der Waals surface area contributed by atoms with Gasteiger partial charge < -0.3 is 102 Å². The predicted molar refractivity (Wildman–Crippen MR) is 358 cm³/mol. The SMILES string of the molecule is CC(C)C[C@H](C(=O)N[C@H]1C(=O)C[C@@H](CC(N)=O)C(=O)N[C@H]2C(=O)C[C@H]3C(=O)N[C@H](C(=O)N[C@H](C(=O)O)c4cc(O)cc(O)c4-c4cc3ccc4O)[C@H](O)c3ccc(c(Cl)c3)Oc3cc2cc(c3O[C@@H]2O[C@H](CO)[C@@H](O)[C@H](O)[C@H]2O)Oc2ccc(cc2Cl)[C@H]1O)N(C)C(=O)OCc1ccc([N+](=O)[O-])cc1. The zero-order valence-electron chi connectivity index (χ0n) is 54.9. The maximum atomic E-state index is 16.1. The second-order valence-corrected chi connectivity index (χ2v) is 26.3. The summed E-state index contributed by atoms with van der Waals surface area (Å²) >= 11 is 14.0. The zero-order valence-corrected chi connectivity index (χ0v) is 56.5. The van der Waals surface area contributed by atoms with E-state index in [1.807, 2.05) is 0 Å². The van der Waals surface area contributed by atoms with Crippen molar-refractivity contribution in [3.8, 4) is 57.1 Å². The number of likely N-dealkylation sites (N-methyl/N-ethyl adjacent to an activating group) is 1. The van der Waals surface area contributed by atoms with Crippen molar-refractivity contribution < 1.29 is 123 Å². The van der Waals surface area contributed by atoms with Gasteiger partial charge in [-0.1, -0.05) is 55.2 Å². The number of Topliss-reactive ketones (excluding diaryl/α,β-unsaturated/α-hetero) is 2. The molecule has 6 aliphatic heterocycles. The first-order chi connectivity index (χ1) is 49.2. The number of benzene rings is 6. The Morgan fingerprint density at radius 3 is 1.93 bits per heavy atom. The van der Waals surface area contributed by atoms with Gasteiger partial charge in [0.1, 0.15) is 96.1 Å². The molecule has 1 fully saturated rings. The largest absolute Gasteiger partial charge is 0.508 e. The normalized spacial score (nSPS) is 24.4. The Morgan fingerprint density at radius 1 is 0.721 bits per heavy atom. The number of fused-ring (bicyclic) bond motifs is 15. The number of ketones is 2. The third kappa shape index (κ3) is 16.3. The number of nitro groups is 1. The molecule has 6 amide bonds. The average Bonchev–Trinajstić information content (AvgIpc) is 0.770. The van der Waals surface area contributed by atoms with Crippen molar-refractivity contribution >= 4 is 82.1 Å². The topological polar surface area (TPSA) is 523 Å². The minimum absolute atomic E-state index is 0.120. The number of halogens is 2. The smallest absolute Gasteiger partial charge is 0.410 e.